The molecule has 7 heteroatoms. The van der Waals surface area contributed by atoms with Crippen LogP contribution in [0.4, 0.5) is 0 Å². The van der Waals surface area contributed by atoms with E-state index in [1.54, 1.807) is 0 Å². The molecule has 0 aliphatic carbocycles. The largest absolute Gasteiger partial charge is 0.480 e. The van der Waals surface area contributed by atoms with Gasteiger partial charge in [-0.1, -0.05) is 54.2 Å². The third-order valence-electron chi connectivity index (χ3n) is 2.20. The standard InChI is InChI=1S/C12H12N4O2S/c17-11(18)9-16-12(13-14-15-16)19-8-4-7-10-5-2-1-3-6-10/h1-7H,8-9H2,(H,17,18). The van der Waals surface area contributed by atoms with Gasteiger partial charge in [-0.2, -0.15) is 0 Å². The van der Waals surface area contributed by atoms with Crippen molar-refractivity contribution in [1.29, 1.82) is 0 Å². The Morgan fingerprint density at radius 1 is 1.37 bits per heavy atom. The fraction of sp³-hybridized carbons (Fsp3) is 0.167. The molecule has 2 rings (SSSR count). The third-order valence-corrected chi connectivity index (χ3v) is 3.11. The van der Waals surface area contributed by atoms with Crippen molar-refractivity contribution in [1.82, 2.24) is 20.2 Å². The van der Waals surface area contributed by atoms with Crippen LogP contribution in [0, 0.1) is 0 Å². The van der Waals surface area contributed by atoms with Gasteiger partial charge in [0.15, 0.2) is 0 Å². The number of benzene rings is 1. The van der Waals surface area contributed by atoms with Crippen LogP contribution in [-0.2, 0) is 11.3 Å². The Labute approximate surface area is 114 Å². The molecular formula is C12H12N4O2S. The average Bonchev–Trinajstić information content (AvgIpc) is 2.82. The van der Waals surface area contributed by atoms with Crippen molar-refractivity contribution in [3.8, 4) is 0 Å². The van der Waals surface area contributed by atoms with E-state index in [-0.39, 0.29) is 6.54 Å². The molecule has 1 heterocycles. The summed E-state index contributed by atoms with van der Waals surface area (Å²) in [7, 11) is 0. The molecule has 0 spiro atoms. The van der Waals surface area contributed by atoms with Gasteiger partial charge in [0.2, 0.25) is 5.16 Å². The molecule has 1 aromatic carbocycles. The van der Waals surface area contributed by atoms with Crippen molar-refractivity contribution < 1.29 is 9.90 Å². The molecule has 0 unspecified atom stereocenters. The number of hydrogen-bond donors (Lipinski definition) is 1. The predicted molar refractivity (Wildman–Crippen MR) is 71.7 cm³/mol. The molecule has 0 bridgehead atoms. The second-order valence-corrected chi connectivity index (χ2v) is 4.62. The zero-order chi connectivity index (χ0) is 13.5. The first-order valence-corrected chi connectivity index (χ1v) is 6.56. The van der Waals surface area contributed by atoms with Crippen molar-refractivity contribution in [2.45, 2.75) is 11.7 Å². The number of thioether (sulfide) groups is 1. The van der Waals surface area contributed by atoms with Gasteiger partial charge in [0.05, 0.1) is 0 Å². The highest BCUT2D eigenvalue weighted by Crippen LogP contribution is 2.14. The summed E-state index contributed by atoms with van der Waals surface area (Å²) in [5, 5.41) is 20.1. The van der Waals surface area contributed by atoms with E-state index in [1.165, 1.54) is 16.4 Å². The van der Waals surface area contributed by atoms with Gasteiger partial charge < -0.3 is 5.11 Å². The Hall–Kier alpha value is -2.15. The number of aromatic nitrogens is 4. The first-order valence-electron chi connectivity index (χ1n) is 5.58. The highest BCUT2D eigenvalue weighted by Gasteiger charge is 2.08. The van der Waals surface area contributed by atoms with Crippen LogP contribution in [0.5, 0.6) is 0 Å². The van der Waals surface area contributed by atoms with Crippen LogP contribution < -0.4 is 0 Å². The zero-order valence-corrected chi connectivity index (χ0v) is 10.8. The number of hydrogen-bond acceptors (Lipinski definition) is 5. The van der Waals surface area contributed by atoms with Gasteiger partial charge >= 0.3 is 5.97 Å². The molecule has 0 saturated carbocycles. The highest BCUT2D eigenvalue weighted by atomic mass is 32.2. The smallest absolute Gasteiger partial charge is 0.325 e. The molecule has 0 atom stereocenters. The Balaban J connectivity index is 1.88. The molecule has 0 radical (unpaired) electrons. The average molecular weight is 276 g/mol. The second-order valence-electron chi connectivity index (χ2n) is 3.64. The summed E-state index contributed by atoms with van der Waals surface area (Å²) in [6.45, 7) is -0.224. The number of carboxylic acid groups (broad SMARTS) is 1. The van der Waals surface area contributed by atoms with Crippen molar-refractivity contribution in [3.63, 3.8) is 0 Å². The van der Waals surface area contributed by atoms with E-state index < -0.39 is 5.97 Å². The van der Waals surface area contributed by atoms with Crippen LogP contribution in [0.15, 0.2) is 41.6 Å². The molecule has 2 aromatic rings. The number of carboxylic acids is 1. The lowest BCUT2D eigenvalue weighted by Gasteiger charge is -1.98. The van der Waals surface area contributed by atoms with Gasteiger partial charge in [0.1, 0.15) is 6.54 Å². The molecule has 0 amide bonds. The molecule has 98 valence electrons. The Morgan fingerprint density at radius 2 is 2.16 bits per heavy atom. The Morgan fingerprint density at radius 3 is 2.89 bits per heavy atom. The summed E-state index contributed by atoms with van der Waals surface area (Å²) in [6.07, 6.45) is 3.98. The normalized spacial score (nSPS) is 10.9. The maximum absolute atomic E-state index is 10.6. The van der Waals surface area contributed by atoms with Crippen LogP contribution in [-0.4, -0.2) is 37.0 Å². The SMILES string of the molecule is O=C(O)Cn1nnnc1SCC=Cc1ccccc1. The van der Waals surface area contributed by atoms with Gasteiger partial charge in [0.25, 0.3) is 0 Å². The highest BCUT2D eigenvalue weighted by molar-refractivity contribution is 7.99. The Kier molecular flexibility index (Phi) is 4.68. The number of aliphatic carboxylic acids is 1. The van der Waals surface area contributed by atoms with Crippen LogP contribution in [0.25, 0.3) is 6.08 Å². The second kappa shape index (κ2) is 6.69. The van der Waals surface area contributed by atoms with E-state index >= 15 is 0 Å². The van der Waals surface area contributed by atoms with Crippen LogP contribution >= 0.6 is 11.8 Å². The van der Waals surface area contributed by atoms with E-state index in [1.807, 2.05) is 42.5 Å². The summed E-state index contributed by atoms with van der Waals surface area (Å²) in [5.74, 6) is -0.288. The topological polar surface area (TPSA) is 80.9 Å². The molecule has 6 nitrogen and oxygen atoms in total. The molecule has 0 aliphatic rings. The monoisotopic (exact) mass is 276 g/mol. The van der Waals surface area contributed by atoms with Crippen LogP contribution in [0.2, 0.25) is 0 Å². The number of tetrazole rings is 1. The van der Waals surface area contributed by atoms with Crippen molar-refractivity contribution >= 4 is 23.8 Å². The quantitative estimate of drug-likeness (QED) is 0.806. The molecule has 19 heavy (non-hydrogen) atoms. The molecule has 1 N–H and O–H groups in total. The molecule has 0 aliphatic heterocycles. The third kappa shape index (κ3) is 4.22. The summed E-state index contributed by atoms with van der Waals surface area (Å²) in [6, 6.07) is 9.93. The van der Waals surface area contributed by atoms with Gasteiger partial charge in [-0.3, -0.25) is 4.79 Å². The van der Waals surface area contributed by atoms with Crippen LogP contribution in [0.1, 0.15) is 5.56 Å². The van der Waals surface area contributed by atoms with E-state index in [2.05, 4.69) is 15.5 Å². The summed E-state index contributed by atoms with van der Waals surface area (Å²) in [5.41, 5.74) is 1.12. The van der Waals surface area contributed by atoms with Gasteiger partial charge in [-0.05, 0) is 16.0 Å². The molecule has 1 aromatic heterocycles. The van der Waals surface area contributed by atoms with Crippen molar-refractivity contribution in [3.05, 3.63) is 42.0 Å². The summed E-state index contributed by atoms with van der Waals surface area (Å²) >= 11 is 1.39. The van der Waals surface area contributed by atoms with E-state index in [4.69, 9.17) is 5.11 Å². The molecule has 0 fully saturated rings. The van der Waals surface area contributed by atoms with Crippen molar-refractivity contribution in [2.75, 3.05) is 5.75 Å². The van der Waals surface area contributed by atoms with Crippen LogP contribution in [0.3, 0.4) is 0 Å². The fourth-order valence-electron chi connectivity index (χ4n) is 1.40. The minimum Gasteiger partial charge on any atom is -0.480 e. The van der Waals surface area contributed by atoms with Gasteiger partial charge in [0, 0.05) is 5.75 Å². The molecule has 0 saturated heterocycles. The maximum atomic E-state index is 10.6. The fourth-order valence-corrected chi connectivity index (χ4v) is 2.08. The number of carbonyl (C=O) groups is 1. The minimum absolute atomic E-state index is 0.224. The predicted octanol–water partition coefficient (Wildman–Crippen LogP) is 1.56. The van der Waals surface area contributed by atoms with Gasteiger partial charge in [-0.25, -0.2) is 4.68 Å². The number of nitrogens with zero attached hydrogens (tertiary/aromatic N) is 4. The summed E-state index contributed by atoms with van der Waals surface area (Å²) in [4.78, 5) is 10.6. The first-order chi connectivity index (χ1) is 9.25. The van der Waals surface area contributed by atoms with Gasteiger partial charge in [-0.15, -0.1) is 5.10 Å². The first kappa shape index (κ1) is 13.3. The Bertz CT molecular complexity index is 568. The van der Waals surface area contributed by atoms with E-state index in [0.29, 0.717) is 10.9 Å². The lowest BCUT2D eigenvalue weighted by Crippen LogP contribution is -2.11. The maximum Gasteiger partial charge on any atom is 0.325 e. The lowest BCUT2D eigenvalue weighted by molar-refractivity contribution is -0.138. The number of rotatable bonds is 6. The van der Waals surface area contributed by atoms with Crippen molar-refractivity contribution in [2.24, 2.45) is 0 Å². The minimum atomic E-state index is -0.964. The van der Waals surface area contributed by atoms with E-state index in [0.717, 1.165) is 5.56 Å². The molecular weight excluding hydrogens is 264 g/mol. The lowest BCUT2D eigenvalue weighted by atomic mass is 10.2. The summed E-state index contributed by atoms with van der Waals surface area (Å²) < 4.78 is 1.27. The zero-order valence-electron chi connectivity index (χ0n) is 10.0. The van der Waals surface area contributed by atoms with E-state index in [9.17, 15) is 4.79 Å².